The second-order valence-electron chi connectivity index (χ2n) is 2.98. The van der Waals surface area contributed by atoms with Crippen molar-refractivity contribution in [2.45, 2.75) is 0 Å². The summed E-state index contributed by atoms with van der Waals surface area (Å²) in [5.74, 6) is 0.830. The van der Waals surface area contributed by atoms with E-state index in [9.17, 15) is 0 Å². The monoisotopic (exact) mass is 273 g/mol. The van der Waals surface area contributed by atoms with Gasteiger partial charge in [0.2, 0.25) is 0 Å². The Labute approximate surface area is 95.5 Å². The molecule has 0 aliphatic carbocycles. The van der Waals surface area contributed by atoms with Crippen molar-refractivity contribution in [3.05, 3.63) is 27.2 Å². The van der Waals surface area contributed by atoms with Gasteiger partial charge < -0.3 is 11.1 Å². The molecule has 0 saturated heterocycles. The number of nitrogens with one attached hydrogen (secondary N) is 1. The largest absolute Gasteiger partial charge is 0.397 e. The molecule has 0 spiro atoms. The van der Waals surface area contributed by atoms with E-state index in [1.54, 1.807) is 0 Å². The molecule has 0 amide bonds. The van der Waals surface area contributed by atoms with Gasteiger partial charge in [0, 0.05) is 16.6 Å². The van der Waals surface area contributed by atoms with Crippen molar-refractivity contribution in [3.63, 3.8) is 0 Å². The van der Waals surface area contributed by atoms with Gasteiger partial charge in [0.1, 0.15) is 5.84 Å². The SMILES string of the molecule is Nc1c(C2=NCCN2)ccc(Br)c1Cl. The molecule has 74 valence electrons. The highest BCUT2D eigenvalue weighted by molar-refractivity contribution is 9.10. The maximum absolute atomic E-state index is 6.01. The van der Waals surface area contributed by atoms with E-state index in [2.05, 4.69) is 26.2 Å². The minimum Gasteiger partial charge on any atom is -0.397 e. The quantitative estimate of drug-likeness (QED) is 0.770. The summed E-state index contributed by atoms with van der Waals surface area (Å²) in [5, 5.41) is 3.70. The summed E-state index contributed by atoms with van der Waals surface area (Å²) >= 11 is 9.32. The van der Waals surface area contributed by atoms with Crippen LogP contribution in [0.15, 0.2) is 21.6 Å². The van der Waals surface area contributed by atoms with Crippen molar-refractivity contribution < 1.29 is 0 Å². The van der Waals surface area contributed by atoms with Crippen molar-refractivity contribution in [3.8, 4) is 0 Å². The zero-order chi connectivity index (χ0) is 10.1. The van der Waals surface area contributed by atoms with Gasteiger partial charge in [-0.1, -0.05) is 11.6 Å². The fraction of sp³-hybridized carbons (Fsp3) is 0.222. The summed E-state index contributed by atoms with van der Waals surface area (Å²) < 4.78 is 0.805. The van der Waals surface area contributed by atoms with E-state index in [0.29, 0.717) is 10.7 Å². The van der Waals surface area contributed by atoms with Crippen molar-refractivity contribution in [2.75, 3.05) is 18.8 Å². The van der Waals surface area contributed by atoms with Crippen LogP contribution in [0.1, 0.15) is 5.56 Å². The first kappa shape index (κ1) is 9.80. The molecule has 0 unspecified atom stereocenters. The fourth-order valence-electron chi connectivity index (χ4n) is 1.35. The topological polar surface area (TPSA) is 50.4 Å². The molecule has 1 heterocycles. The van der Waals surface area contributed by atoms with Gasteiger partial charge in [0.25, 0.3) is 0 Å². The predicted octanol–water partition coefficient (Wildman–Crippen LogP) is 2.03. The van der Waals surface area contributed by atoms with Crippen LogP contribution in [-0.2, 0) is 0 Å². The molecular weight excluding hydrogens is 265 g/mol. The molecule has 1 aromatic rings. The Hall–Kier alpha value is -0.740. The summed E-state index contributed by atoms with van der Waals surface area (Å²) in [6.07, 6.45) is 0. The van der Waals surface area contributed by atoms with Crippen LogP contribution >= 0.6 is 27.5 Å². The van der Waals surface area contributed by atoms with Gasteiger partial charge in [0.15, 0.2) is 0 Å². The van der Waals surface area contributed by atoms with Gasteiger partial charge in [-0.3, -0.25) is 4.99 Å². The minimum atomic E-state index is 0.541. The number of amidine groups is 1. The van der Waals surface area contributed by atoms with Crippen LogP contribution in [0.4, 0.5) is 5.69 Å². The van der Waals surface area contributed by atoms with E-state index in [-0.39, 0.29) is 0 Å². The molecule has 0 radical (unpaired) electrons. The second kappa shape index (κ2) is 3.79. The van der Waals surface area contributed by atoms with E-state index in [1.165, 1.54) is 0 Å². The van der Waals surface area contributed by atoms with Crippen LogP contribution in [0.2, 0.25) is 5.02 Å². The number of benzene rings is 1. The lowest BCUT2D eigenvalue weighted by molar-refractivity contribution is 0.960. The number of nitrogen functional groups attached to an aromatic ring is 1. The summed E-state index contributed by atoms with van der Waals surface area (Å²) in [4.78, 5) is 4.29. The first-order valence-electron chi connectivity index (χ1n) is 4.22. The number of nitrogens with two attached hydrogens (primary N) is 1. The van der Waals surface area contributed by atoms with Crippen molar-refractivity contribution >= 4 is 39.1 Å². The Bertz CT molecular complexity index is 403. The Balaban J connectivity index is 2.49. The van der Waals surface area contributed by atoms with Crippen LogP contribution in [0, 0.1) is 0 Å². The van der Waals surface area contributed by atoms with Crippen molar-refractivity contribution in [1.82, 2.24) is 5.32 Å². The standard InChI is InChI=1S/C9H9BrClN3/c10-6-2-1-5(8(12)7(6)11)9-13-3-4-14-9/h1-2H,3-4,12H2,(H,13,14). The third-order valence-electron chi connectivity index (χ3n) is 2.06. The Morgan fingerprint density at radius 2 is 2.29 bits per heavy atom. The van der Waals surface area contributed by atoms with Gasteiger partial charge in [-0.25, -0.2) is 0 Å². The molecule has 0 saturated carbocycles. The lowest BCUT2D eigenvalue weighted by Gasteiger charge is -2.08. The van der Waals surface area contributed by atoms with E-state index in [0.717, 1.165) is 29.0 Å². The third kappa shape index (κ3) is 1.60. The number of aliphatic imine (C=N–C) groups is 1. The number of hydrogen-bond donors (Lipinski definition) is 2. The summed E-state index contributed by atoms with van der Waals surface area (Å²) in [7, 11) is 0. The molecule has 2 rings (SSSR count). The van der Waals surface area contributed by atoms with E-state index in [1.807, 2.05) is 12.1 Å². The number of halogens is 2. The van der Waals surface area contributed by atoms with E-state index >= 15 is 0 Å². The maximum Gasteiger partial charge on any atom is 0.130 e. The van der Waals surface area contributed by atoms with Gasteiger partial charge in [-0.15, -0.1) is 0 Å². The Morgan fingerprint density at radius 3 is 2.93 bits per heavy atom. The van der Waals surface area contributed by atoms with E-state index < -0.39 is 0 Å². The first-order chi connectivity index (χ1) is 6.70. The molecule has 0 aromatic heterocycles. The predicted molar refractivity (Wildman–Crippen MR) is 63.0 cm³/mol. The first-order valence-corrected chi connectivity index (χ1v) is 5.39. The smallest absolute Gasteiger partial charge is 0.130 e. The van der Waals surface area contributed by atoms with E-state index in [4.69, 9.17) is 17.3 Å². The highest BCUT2D eigenvalue weighted by Gasteiger charge is 2.14. The Morgan fingerprint density at radius 1 is 1.50 bits per heavy atom. The number of rotatable bonds is 1. The fourth-order valence-corrected chi connectivity index (χ4v) is 1.86. The van der Waals surface area contributed by atoms with Gasteiger partial charge >= 0.3 is 0 Å². The summed E-state index contributed by atoms with van der Waals surface area (Å²) in [6, 6.07) is 3.78. The molecule has 1 aliphatic heterocycles. The maximum atomic E-state index is 6.01. The average Bonchev–Trinajstić information content (AvgIpc) is 2.67. The van der Waals surface area contributed by atoms with Gasteiger partial charge in [-0.2, -0.15) is 0 Å². The number of anilines is 1. The zero-order valence-electron chi connectivity index (χ0n) is 7.35. The van der Waals surface area contributed by atoms with Crippen molar-refractivity contribution in [1.29, 1.82) is 0 Å². The third-order valence-corrected chi connectivity index (χ3v) is 3.36. The zero-order valence-corrected chi connectivity index (χ0v) is 9.69. The molecule has 0 atom stereocenters. The van der Waals surface area contributed by atoms with Crippen LogP contribution < -0.4 is 11.1 Å². The molecule has 3 N–H and O–H groups in total. The molecule has 1 aromatic carbocycles. The number of hydrogen-bond acceptors (Lipinski definition) is 3. The van der Waals surface area contributed by atoms with Crippen LogP contribution in [0.25, 0.3) is 0 Å². The van der Waals surface area contributed by atoms with Crippen LogP contribution in [0.3, 0.4) is 0 Å². The molecule has 1 aliphatic rings. The average molecular weight is 275 g/mol. The highest BCUT2D eigenvalue weighted by atomic mass is 79.9. The summed E-state index contributed by atoms with van der Waals surface area (Å²) in [6.45, 7) is 1.66. The molecule has 3 nitrogen and oxygen atoms in total. The minimum absolute atomic E-state index is 0.541. The summed E-state index contributed by atoms with van der Waals surface area (Å²) in [5.41, 5.74) is 7.32. The normalized spacial score (nSPS) is 15.1. The lowest BCUT2D eigenvalue weighted by Crippen LogP contribution is -2.20. The number of nitrogens with zero attached hydrogens (tertiary/aromatic N) is 1. The molecule has 5 heteroatoms. The highest BCUT2D eigenvalue weighted by Crippen LogP contribution is 2.31. The van der Waals surface area contributed by atoms with Crippen molar-refractivity contribution in [2.24, 2.45) is 4.99 Å². The second-order valence-corrected chi connectivity index (χ2v) is 4.21. The Kier molecular flexibility index (Phi) is 2.65. The lowest BCUT2D eigenvalue weighted by atomic mass is 10.1. The van der Waals surface area contributed by atoms with Crippen LogP contribution in [-0.4, -0.2) is 18.9 Å². The van der Waals surface area contributed by atoms with Gasteiger partial charge in [0.05, 0.1) is 17.3 Å². The molecule has 0 fully saturated rings. The van der Waals surface area contributed by atoms with Gasteiger partial charge in [-0.05, 0) is 28.1 Å². The molecule has 0 bridgehead atoms. The molecule has 14 heavy (non-hydrogen) atoms. The van der Waals surface area contributed by atoms with Crippen LogP contribution in [0.5, 0.6) is 0 Å². The molecular formula is C9H9BrClN3.